The van der Waals surface area contributed by atoms with Crippen LogP contribution in [0, 0.1) is 23.7 Å². The molecule has 4 rings (SSSR count). The molecule has 1 aromatic carbocycles. The summed E-state index contributed by atoms with van der Waals surface area (Å²) in [6, 6.07) is 10.2. The number of rotatable bonds is 3. The number of aliphatic carboxylic acids is 1. The molecule has 2 aliphatic carbocycles. The van der Waals surface area contributed by atoms with E-state index in [9.17, 15) is 14.7 Å². The molecule has 1 aromatic rings. The van der Waals surface area contributed by atoms with E-state index in [1.807, 2.05) is 23.1 Å². The zero-order valence-corrected chi connectivity index (χ0v) is 13.8. The lowest BCUT2D eigenvalue weighted by Gasteiger charge is -2.39. The molecule has 1 N–H and O–H groups in total. The van der Waals surface area contributed by atoms with Crippen LogP contribution in [0.25, 0.3) is 0 Å². The Kier molecular flexibility index (Phi) is 3.94. The predicted octanol–water partition coefficient (Wildman–Crippen LogP) is 2.08. The number of nitrogens with zero attached hydrogens (tertiary/aromatic N) is 2. The van der Waals surface area contributed by atoms with Gasteiger partial charge in [0, 0.05) is 31.9 Å². The van der Waals surface area contributed by atoms with Crippen LogP contribution in [-0.4, -0.2) is 48.1 Å². The Balaban J connectivity index is 1.42. The molecule has 5 heteroatoms. The van der Waals surface area contributed by atoms with Crippen LogP contribution in [-0.2, 0) is 9.59 Å². The van der Waals surface area contributed by atoms with E-state index in [2.05, 4.69) is 17.0 Å². The van der Waals surface area contributed by atoms with Gasteiger partial charge in [0.15, 0.2) is 0 Å². The largest absolute Gasteiger partial charge is 0.481 e. The number of carbonyl (C=O) groups is 2. The number of hydrogen-bond acceptors (Lipinski definition) is 3. The molecule has 128 valence electrons. The van der Waals surface area contributed by atoms with Gasteiger partial charge in [0.1, 0.15) is 0 Å². The van der Waals surface area contributed by atoms with Gasteiger partial charge in [0.05, 0.1) is 11.8 Å². The molecule has 2 saturated carbocycles. The van der Waals surface area contributed by atoms with Crippen molar-refractivity contribution >= 4 is 17.6 Å². The minimum Gasteiger partial charge on any atom is -0.481 e. The summed E-state index contributed by atoms with van der Waals surface area (Å²) >= 11 is 0. The molecule has 2 bridgehead atoms. The topological polar surface area (TPSA) is 60.9 Å². The maximum atomic E-state index is 13.0. The summed E-state index contributed by atoms with van der Waals surface area (Å²) < 4.78 is 0. The lowest BCUT2D eigenvalue weighted by molar-refractivity contribution is -0.153. The first-order chi connectivity index (χ1) is 11.6. The Labute approximate surface area is 142 Å². The standard InChI is InChI=1S/C19H24N2O3/c22-18(16-13-6-7-14(12-13)17(16)19(23)24)21-10-8-20(9-11-21)15-4-2-1-3-5-15/h1-5,13-14,16-17H,6-12H2,(H,23,24)/t13-,14-,16+,17+/m0/s1. The summed E-state index contributed by atoms with van der Waals surface area (Å²) in [6.07, 6.45) is 2.93. The van der Waals surface area contributed by atoms with Crippen molar-refractivity contribution < 1.29 is 14.7 Å². The van der Waals surface area contributed by atoms with Crippen LogP contribution < -0.4 is 4.90 Å². The first-order valence-electron chi connectivity index (χ1n) is 8.97. The summed E-state index contributed by atoms with van der Waals surface area (Å²) in [6.45, 7) is 3.00. The van der Waals surface area contributed by atoms with Gasteiger partial charge in [-0.15, -0.1) is 0 Å². The second kappa shape index (κ2) is 6.11. The molecule has 1 aliphatic heterocycles. The smallest absolute Gasteiger partial charge is 0.307 e. The number of carboxylic acids is 1. The van der Waals surface area contributed by atoms with Crippen LogP contribution in [0.2, 0.25) is 0 Å². The van der Waals surface area contributed by atoms with Crippen molar-refractivity contribution in [3.8, 4) is 0 Å². The Morgan fingerprint density at radius 2 is 1.54 bits per heavy atom. The highest BCUT2D eigenvalue weighted by atomic mass is 16.4. The molecule has 0 radical (unpaired) electrons. The van der Waals surface area contributed by atoms with Crippen molar-refractivity contribution in [3.63, 3.8) is 0 Å². The maximum absolute atomic E-state index is 13.0. The monoisotopic (exact) mass is 328 g/mol. The molecule has 0 unspecified atom stereocenters. The fraction of sp³-hybridized carbons (Fsp3) is 0.579. The Hall–Kier alpha value is -2.04. The molecule has 5 nitrogen and oxygen atoms in total. The van der Waals surface area contributed by atoms with E-state index in [0.717, 1.165) is 32.4 Å². The van der Waals surface area contributed by atoms with Gasteiger partial charge >= 0.3 is 5.97 Å². The SMILES string of the molecule is O=C(O)[C@@H]1[C@H]2CC[C@@H](C2)[C@H]1C(=O)N1CCN(c2ccccc2)CC1. The number of fused-ring (bicyclic) bond motifs is 2. The lowest BCUT2D eigenvalue weighted by Crippen LogP contribution is -2.52. The molecule has 1 amide bonds. The number of hydrogen-bond donors (Lipinski definition) is 1. The van der Waals surface area contributed by atoms with E-state index in [1.165, 1.54) is 5.69 Å². The minimum absolute atomic E-state index is 0.0855. The lowest BCUT2D eigenvalue weighted by atomic mass is 9.78. The zero-order valence-electron chi connectivity index (χ0n) is 13.8. The van der Waals surface area contributed by atoms with E-state index in [0.29, 0.717) is 13.1 Å². The van der Waals surface area contributed by atoms with Gasteiger partial charge in [-0.1, -0.05) is 18.2 Å². The molecule has 3 aliphatic rings. The van der Waals surface area contributed by atoms with E-state index in [4.69, 9.17) is 0 Å². The van der Waals surface area contributed by atoms with Crippen LogP contribution >= 0.6 is 0 Å². The Morgan fingerprint density at radius 1 is 0.917 bits per heavy atom. The van der Waals surface area contributed by atoms with Gasteiger partial charge in [-0.3, -0.25) is 9.59 Å². The number of benzene rings is 1. The van der Waals surface area contributed by atoms with Crippen LogP contribution in [0.4, 0.5) is 5.69 Å². The number of amides is 1. The molecule has 24 heavy (non-hydrogen) atoms. The van der Waals surface area contributed by atoms with Crippen molar-refractivity contribution in [3.05, 3.63) is 30.3 Å². The highest BCUT2D eigenvalue weighted by Gasteiger charge is 2.54. The molecular formula is C19H24N2O3. The normalized spacial score (nSPS) is 32.2. The van der Waals surface area contributed by atoms with E-state index in [-0.39, 0.29) is 23.7 Å². The van der Waals surface area contributed by atoms with Crippen molar-refractivity contribution in [1.29, 1.82) is 0 Å². The highest BCUT2D eigenvalue weighted by Crippen LogP contribution is 2.53. The highest BCUT2D eigenvalue weighted by molar-refractivity contribution is 5.86. The molecule has 1 saturated heterocycles. The summed E-state index contributed by atoms with van der Waals surface area (Å²) in [5.74, 6) is -0.929. The van der Waals surface area contributed by atoms with Crippen LogP contribution in [0.3, 0.4) is 0 Å². The Morgan fingerprint density at radius 3 is 2.17 bits per heavy atom. The van der Waals surface area contributed by atoms with Crippen molar-refractivity contribution in [2.24, 2.45) is 23.7 Å². The quantitative estimate of drug-likeness (QED) is 0.923. The van der Waals surface area contributed by atoms with Crippen molar-refractivity contribution in [2.75, 3.05) is 31.1 Å². The molecule has 1 heterocycles. The number of piperazine rings is 1. The molecule has 4 atom stereocenters. The van der Waals surface area contributed by atoms with Gasteiger partial charge in [0.25, 0.3) is 0 Å². The summed E-state index contributed by atoms with van der Waals surface area (Å²) in [5, 5.41) is 9.56. The summed E-state index contributed by atoms with van der Waals surface area (Å²) in [7, 11) is 0. The van der Waals surface area contributed by atoms with Crippen LogP contribution in [0.1, 0.15) is 19.3 Å². The fourth-order valence-electron chi connectivity index (χ4n) is 5.04. The molecule has 0 spiro atoms. The van der Waals surface area contributed by atoms with Crippen molar-refractivity contribution in [2.45, 2.75) is 19.3 Å². The number of carboxylic acid groups (broad SMARTS) is 1. The predicted molar refractivity (Wildman–Crippen MR) is 90.7 cm³/mol. The fourth-order valence-corrected chi connectivity index (χ4v) is 5.04. The van der Waals surface area contributed by atoms with Gasteiger partial charge in [-0.25, -0.2) is 0 Å². The third kappa shape index (κ3) is 2.56. The number of anilines is 1. The second-order valence-electron chi connectivity index (χ2n) is 7.37. The van der Waals surface area contributed by atoms with Gasteiger partial charge in [-0.2, -0.15) is 0 Å². The first kappa shape index (κ1) is 15.5. The van der Waals surface area contributed by atoms with Crippen LogP contribution in [0.15, 0.2) is 30.3 Å². The van der Waals surface area contributed by atoms with E-state index < -0.39 is 11.9 Å². The molecular weight excluding hydrogens is 304 g/mol. The van der Waals surface area contributed by atoms with E-state index >= 15 is 0 Å². The average Bonchev–Trinajstić information content (AvgIpc) is 3.23. The summed E-state index contributed by atoms with van der Waals surface area (Å²) in [4.78, 5) is 28.8. The van der Waals surface area contributed by atoms with Crippen LogP contribution in [0.5, 0.6) is 0 Å². The van der Waals surface area contributed by atoms with Gasteiger partial charge in [-0.05, 0) is 43.2 Å². The first-order valence-corrected chi connectivity index (χ1v) is 8.97. The average molecular weight is 328 g/mol. The Bertz CT molecular complexity index is 625. The number of para-hydroxylation sites is 1. The summed E-state index contributed by atoms with van der Waals surface area (Å²) in [5.41, 5.74) is 1.19. The molecule has 3 fully saturated rings. The third-order valence-electron chi connectivity index (χ3n) is 6.20. The van der Waals surface area contributed by atoms with Gasteiger partial charge in [0.2, 0.25) is 5.91 Å². The van der Waals surface area contributed by atoms with Crippen molar-refractivity contribution in [1.82, 2.24) is 4.90 Å². The third-order valence-corrected chi connectivity index (χ3v) is 6.20. The second-order valence-corrected chi connectivity index (χ2v) is 7.37. The molecule has 0 aromatic heterocycles. The van der Waals surface area contributed by atoms with E-state index in [1.54, 1.807) is 0 Å². The minimum atomic E-state index is -0.775. The zero-order chi connectivity index (χ0) is 16.7. The van der Waals surface area contributed by atoms with Gasteiger partial charge < -0.3 is 14.9 Å². The number of carbonyl (C=O) groups excluding carboxylic acids is 1. The maximum Gasteiger partial charge on any atom is 0.307 e.